The van der Waals surface area contributed by atoms with Crippen LogP contribution >= 0.6 is 15.9 Å². The highest BCUT2D eigenvalue weighted by atomic mass is 79.9. The molecule has 0 radical (unpaired) electrons. The molecule has 1 rings (SSSR count). The van der Waals surface area contributed by atoms with Crippen molar-refractivity contribution in [3.63, 3.8) is 0 Å². The van der Waals surface area contributed by atoms with Gasteiger partial charge in [-0.3, -0.25) is 4.90 Å². The van der Waals surface area contributed by atoms with E-state index in [0.717, 1.165) is 26.2 Å². The average Bonchev–Trinajstić information content (AvgIpc) is 2.44. The smallest absolute Gasteiger partial charge is 0.0615 e. The maximum Gasteiger partial charge on any atom is 0.0615 e. The molecule has 0 aromatic heterocycles. The molecule has 0 spiro atoms. The summed E-state index contributed by atoms with van der Waals surface area (Å²) in [5.74, 6) is 0. The van der Waals surface area contributed by atoms with E-state index in [4.69, 9.17) is 4.74 Å². The lowest BCUT2D eigenvalue weighted by atomic mass is 10.1. The van der Waals surface area contributed by atoms with Gasteiger partial charge in [-0.05, 0) is 30.7 Å². The Bertz CT molecular complexity index is 423. The van der Waals surface area contributed by atoms with E-state index in [2.05, 4.69) is 72.0 Å². The predicted octanol–water partition coefficient (Wildman–Crippen LogP) is 3.80. The van der Waals surface area contributed by atoms with Gasteiger partial charge in [0.15, 0.2) is 0 Å². The Hall–Kier alpha value is -0.420. The summed E-state index contributed by atoms with van der Waals surface area (Å²) in [7, 11) is 1.76. The Labute approximate surface area is 138 Å². The molecule has 3 nitrogen and oxygen atoms in total. The summed E-state index contributed by atoms with van der Waals surface area (Å²) in [6.07, 6.45) is 0. The van der Waals surface area contributed by atoms with E-state index < -0.39 is 0 Å². The van der Waals surface area contributed by atoms with E-state index in [1.807, 2.05) is 0 Å². The van der Waals surface area contributed by atoms with Gasteiger partial charge in [-0.1, -0.05) is 48.8 Å². The SMILES string of the molecule is CCN(Cc1ccc(CNC(C)C)cc1Br)C(C)COC. The fourth-order valence-corrected chi connectivity index (χ4v) is 2.85. The van der Waals surface area contributed by atoms with E-state index in [-0.39, 0.29) is 0 Å². The number of nitrogens with one attached hydrogen (secondary N) is 1. The Kier molecular flexibility index (Phi) is 8.49. The number of rotatable bonds is 9. The average molecular weight is 357 g/mol. The largest absolute Gasteiger partial charge is 0.383 e. The second kappa shape index (κ2) is 9.57. The summed E-state index contributed by atoms with van der Waals surface area (Å²) in [5, 5.41) is 3.45. The molecular formula is C17H29BrN2O. The van der Waals surface area contributed by atoms with Gasteiger partial charge in [0, 0.05) is 36.8 Å². The fourth-order valence-electron chi connectivity index (χ4n) is 2.30. The summed E-state index contributed by atoms with van der Waals surface area (Å²) in [5.41, 5.74) is 2.64. The van der Waals surface area contributed by atoms with Crippen molar-refractivity contribution in [1.82, 2.24) is 10.2 Å². The number of benzene rings is 1. The minimum atomic E-state index is 0.425. The van der Waals surface area contributed by atoms with E-state index in [0.29, 0.717) is 12.1 Å². The number of likely N-dealkylation sites (N-methyl/N-ethyl adjacent to an activating group) is 1. The lowest BCUT2D eigenvalue weighted by Crippen LogP contribution is -2.35. The zero-order valence-corrected chi connectivity index (χ0v) is 15.5. The van der Waals surface area contributed by atoms with Crippen LogP contribution in [-0.4, -0.2) is 37.2 Å². The van der Waals surface area contributed by atoms with Crippen LogP contribution in [0.25, 0.3) is 0 Å². The van der Waals surface area contributed by atoms with Crippen molar-refractivity contribution in [1.29, 1.82) is 0 Å². The van der Waals surface area contributed by atoms with Gasteiger partial charge in [-0.25, -0.2) is 0 Å². The molecule has 1 atom stereocenters. The first-order valence-electron chi connectivity index (χ1n) is 7.71. The third-order valence-electron chi connectivity index (χ3n) is 3.64. The first kappa shape index (κ1) is 18.6. The van der Waals surface area contributed by atoms with Gasteiger partial charge in [0.1, 0.15) is 0 Å². The van der Waals surface area contributed by atoms with Crippen molar-refractivity contribution >= 4 is 15.9 Å². The Morgan fingerprint density at radius 3 is 2.52 bits per heavy atom. The van der Waals surface area contributed by atoms with E-state index in [9.17, 15) is 0 Å². The number of hydrogen-bond donors (Lipinski definition) is 1. The molecule has 0 fully saturated rings. The summed E-state index contributed by atoms with van der Waals surface area (Å²) in [6.45, 7) is 12.4. The molecular weight excluding hydrogens is 328 g/mol. The highest BCUT2D eigenvalue weighted by Gasteiger charge is 2.13. The van der Waals surface area contributed by atoms with Gasteiger partial charge in [0.2, 0.25) is 0 Å². The van der Waals surface area contributed by atoms with Gasteiger partial charge >= 0.3 is 0 Å². The third kappa shape index (κ3) is 6.47. The molecule has 4 heteroatoms. The highest BCUT2D eigenvalue weighted by molar-refractivity contribution is 9.10. The molecule has 0 aliphatic heterocycles. The summed E-state index contributed by atoms with van der Waals surface area (Å²) in [4.78, 5) is 2.43. The van der Waals surface area contributed by atoms with Crippen LogP contribution in [0, 0.1) is 0 Å². The topological polar surface area (TPSA) is 24.5 Å². The number of halogens is 1. The molecule has 0 saturated heterocycles. The minimum Gasteiger partial charge on any atom is -0.383 e. The lowest BCUT2D eigenvalue weighted by Gasteiger charge is -2.27. The first-order valence-corrected chi connectivity index (χ1v) is 8.50. The van der Waals surface area contributed by atoms with Crippen molar-refractivity contribution in [3.05, 3.63) is 33.8 Å². The fraction of sp³-hybridized carbons (Fsp3) is 0.647. The van der Waals surface area contributed by atoms with Crippen molar-refractivity contribution in [2.75, 3.05) is 20.3 Å². The summed E-state index contributed by atoms with van der Waals surface area (Å²) in [6, 6.07) is 7.59. The number of nitrogens with zero attached hydrogens (tertiary/aromatic N) is 1. The number of hydrogen-bond acceptors (Lipinski definition) is 3. The molecule has 0 bridgehead atoms. The normalized spacial score (nSPS) is 13.1. The zero-order chi connectivity index (χ0) is 15.8. The van der Waals surface area contributed by atoms with Crippen molar-refractivity contribution in [2.45, 2.75) is 52.9 Å². The minimum absolute atomic E-state index is 0.425. The quantitative estimate of drug-likeness (QED) is 0.728. The Balaban J connectivity index is 2.70. The molecule has 120 valence electrons. The molecule has 0 aliphatic carbocycles. The van der Waals surface area contributed by atoms with Gasteiger partial charge in [0.05, 0.1) is 6.61 Å². The standard InChI is InChI=1S/C17H29BrN2O/c1-6-20(14(4)12-21-5)11-16-8-7-15(9-17(16)18)10-19-13(2)3/h7-9,13-14,19H,6,10-12H2,1-5H3. The van der Waals surface area contributed by atoms with E-state index in [1.165, 1.54) is 15.6 Å². The van der Waals surface area contributed by atoms with Crippen LogP contribution in [0.3, 0.4) is 0 Å². The van der Waals surface area contributed by atoms with Crippen molar-refractivity contribution in [2.24, 2.45) is 0 Å². The van der Waals surface area contributed by atoms with Crippen LogP contribution in [0.4, 0.5) is 0 Å². The molecule has 1 aromatic rings. The monoisotopic (exact) mass is 356 g/mol. The van der Waals surface area contributed by atoms with Gasteiger partial charge in [0.25, 0.3) is 0 Å². The molecule has 0 heterocycles. The van der Waals surface area contributed by atoms with E-state index >= 15 is 0 Å². The number of ether oxygens (including phenoxy) is 1. The van der Waals surface area contributed by atoms with Gasteiger partial charge in [-0.15, -0.1) is 0 Å². The highest BCUT2D eigenvalue weighted by Crippen LogP contribution is 2.21. The first-order chi connectivity index (χ1) is 9.97. The van der Waals surface area contributed by atoms with Crippen molar-refractivity contribution < 1.29 is 4.74 Å². The van der Waals surface area contributed by atoms with Gasteiger partial charge in [-0.2, -0.15) is 0 Å². The second-order valence-corrected chi connectivity index (χ2v) is 6.68. The van der Waals surface area contributed by atoms with Gasteiger partial charge < -0.3 is 10.1 Å². The molecule has 1 unspecified atom stereocenters. The Morgan fingerprint density at radius 1 is 1.29 bits per heavy atom. The third-order valence-corrected chi connectivity index (χ3v) is 4.38. The molecule has 0 amide bonds. The van der Waals surface area contributed by atoms with Crippen LogP contribution in [0.5, 0.6) is 0 Å². The molecule has 0 aliphatic rings. The summed E-state index contributed by atoms with van der Waals surface area (Å²) >= 11 is 3.71. The maximum absolute atomic E-state index is 5.27. The lowest BCUT2D eigenvalue weighted by molar-refractivity contribution is 0.0981. The van der Waals surface area contributed by atoms with Crippen LogP contribution in [-0.2, 0) is 17.8 Å². The summed E-state index contributed by atoms with van der Waals surface area (Å²) < 4.78 is 6.45. The molecule has 0 saturated carbocycles. The van der Waals surface area contributed by atoms with Crippen LogP contribution in [0.15, 0.2) is 22.7 Å². The maximum atomic E-state index is 5.27. The molecule has 21 heavy (non-hydrogen) atoms. The van der Waals surface area contributed by atoms with Crippen molar-refractivity contribution in [3.8, 4) is 0 Å². The van der Waals surface area contributed by atoms with E-state index in [1.54, 1.807) is 7.11 Å². The number of methoxy groups -OCH3 is 1. The molecule has 1 aromatic carbocycles. The second-order valence-electron chi connectivity index (χ2n) is 5.83. The zero-order valence-electron chi connectivity index (χ0n) is 13.9. The van der Waals surface area contributed by atoms with Crippen LogP contribution in [0.1, 0.15) is 38.8 Å². The predicted molar refractivity (Wildman–Crippen MR) is 93.5 cm³/mol. The van der Waals surface area contributed by atoms with Crippen LogP contribution < -0.4 is 5.32 Å². The van der Waals surface area contributed by atoms with Crippen LogP contribution in [0.2, 0.25) is 0 Å². The molecule has 1 N–H and O–H groups in total. The Morgan fingerprint density at radius 2 is 2.00 bits per heavy atom.